The Balaban J connectivity index is 1.72. The molecule has 0 saturated heterocycles. The van der Waals surface area contributed by atoms with E-state index < -0.39 is 0 Å². The van der Waals surface area contributed by atoms with Gasteiger partial charge < -0.3 is 30.8 Å². The van der Waals surface area contributed by atoms with Crippen molar-refractivity contribution in [1.29, 1.82) is 0 Å². The standard InChI is InChI=1S/C24H31N7O3/c1-5-34-21-11-18(33-4)10-20-23(21)24(28-14-27-20)30-17-8-6-16(7-9-17)29-22(32)13-31(26)12-19(25)15(2)3/h6-12,14-15H,5,13,25-26H2,1-4H3,(H,29,32)(H,27,28,30)/b19-12-. The fraction of sp³-hybridized carbons (Fsp3) is 0.292. The molecule has 3 aromatic rings. The van der Waals surface area contributed by atoms with E-state index in [1.807, 2.05) is 45.0 Å². The maximum Gasteiger partial charge on any atom is 0.245 e. The number of anilines is 3. The number of amides is 1. The van der Waals surface area contributed by atoms with Gasteiger partial charge in [0.15, 0.2) is 0 Å². The van der Waals surface area contributed by atoms with Gasteiger partial charge in [-0.2, -0.15) is 0 Å². The molecule has 1 aromatic heterocycles. The number of rotatable bonds is 10. The lowest BCUT2D eigenvalue weighted by Crippen LogP contribution is -2.35. The van der Waals surface area contributed by atoms with Crippen molar-refractivity contribution < 1.29 is 14.3 Å². The summed E-state index contributed by atoms with van der Waals surface area (Å²) in [5, 5.41) is 8.13. The van der Waals surface area contributed by atoms with Crippen molar-refractivity contribution in [3.05, 3.63) is 54.6 Å². The van der Waals surface area contributed by atoms with E-state index in [1.165, 1.54) is 11.3 Å². The summed E-state index contributed by atoms with van der Waals surface area (Å²) in [6.45, 7) is 6.28. The molecule has 180 valence electrons. The number of hydrazine groups is 1. The van der Waals surface area contributed by atoms with Crippen LogP contribution in [0.5, 0.6) is 11.5 Å². The van der Waals surface area contributed by atoms with Gasteiger partial charge in [-0.3, -0.25) is 4.79 Å². The molecule has 0 spiro atoms. The molecular formula is C24H31N7O3. The van der Waals surface area contributed by atoms with E-state index in [4.69, 9.17) is 21.1 Å². The van der Waals surface area contributed by atoms with Crippen molar-refractivity contribution in [2.24, 2.45) is 17.5 Å². The average Bonchev–Trinajstić information content (AvgIpc) is 2.80. The van der Waals surface area contributed by atoms with Crippen LogP contribution in [0.25, 0.3) is 10.9 Å². The quantitative estimate of drug-likeness (QED) is 0.262. The summed E-state index contributed by atoms with van der Waals surface area (Å²) in [6.07, 6.45) is 3.04. The smallest absolute Gasteiger partial charge is 0.245 e. The van der Waals surface area contributed by atoms with Crippen molar-refractivity contribution in [1.82, 2.24) is 15.0 Å². The highest BCUT2D eigenvalue weighted by molar-refractivity contribution is 5.97. The molecule has 10 heteroatoms. The van der Waals surface area contributed by atoms with E-state index in [-0.39, 0.29) is 18.4 Å². The molecule has 0 aliphatic carbocycles. The van der Waals surface area contributed by atoms with Gasteiger partial charge in [0.1, 0.15) is 30.2 Å². The minimum Gasteiger partial charge on any atom is -0.497 e. The molecule has 10 nitrogen and oxygen atoms in total. The summed E-state index contributed by atoms with van der Waals surface area (Å²) in [6, 6.07) is 10.9. The highest BCUT2D eigenvalue weighted by Crippen LogP contribution is 2.35. The first-order valence-electron chi connectivity index (χ1n) is 10.9. The number of carbonyl (C=O) groups excluding carboxylic acids is 1. The third-order valence-electron chi connectivity index (χ3n) is 4.95. The minimum atomic E-state index is -0.256. The SMILES string of the molecule is CCOc1cc(OC)cc2ncnc(Nc3ccc(NC(=O)CN(N)/C=C(\N)C(C)C)cc3)c12. The lowest BCUT2D eigenvalue weighted by Gasteiger charge is -2.16. The third kappa shape index (κ3) is 6.26. The Kier molecular flexibility index (Phi) is 8.10. The molecule has 6 N–H and O–H groups in total. The predicted octanol–water partition coefficient (Wildman–Crippen LogP) is 3.35. The van der Waals surface area contributed by atoms with Crippen LogP contribution in [0.3, 0.4) is 0 Å². The first-order chi connectivity index (χ1) is 16.3. The van der Waals surface area contributed by atoms with Gasteiger partial charge >= 0.3 is 0 Å². The number of hydrogen-bond acceptors (Lipinski definition) is 9. The van der Waals surface area contributed by atoms with Crippen LogP contribution in [-0.4, -0.2) is 41.1 Å². The molecule has 1 heterocycles. The number of nitrogens with zero attached hydrogens (tertiary/aromatic N) is 3. The van der Waals surface area contributed by atoms with E-state index >= 15 is 0 Å². The molecule has 2 aromatic carbocycles. The maximum atomic E-state index is 12.3. The lowest BCUT2D eigenvalue weighted by atomic mass is 10.1. The van der Waals surface area contributed by atoms with E-state index in [9.17, 15) is 4.79 Å². The molecule has 0 saturated carbocycles. The molecule has 0 aliphatic heterocycles. The number of fused-ring (bicyclic) bond motifs is 1. The van der Waals surface area contributed by atoms with Crippen LogP contribution in [0.1, 0.15) is 20.8 Å². The molecule has 0 fully saturated rings. The Bertz CT molecular complexity index is 1160. The zero-order valence-corrected chi connectivity index (χ0v) is 19.8. The van der Waals surface area contributed by atoms with Crippen LogP contribution < -0.4 is 31.7 Å². The highest BCUT2D eigenvalue weighted by Gasteiger charge is 2.13. The molecule has 3 rings (SSSR count). The number of hydrogen-bond donors (Lipinski definition) is 4. The fourth-order valence-electron chi connectivity index (χ4n) is 3.14. The number of nitrogens with two attached hydrogens (primary N) is 2. The summed E-state index contributed by atoms with van der Waals surface area (Å²) in [5.41, 5.74) is 8.60. The summed E-state index contributed by atoms with van der Waals surface area (Å²) in [7, 11) is 1.60. The number of nitrogens with one attached hydrogen (secondary N) is 2. The minimum absolute atomic E-state index is 0.0238. The number of aromatic nitrogens is 2. The van der Waals surface area contributed by atoms with E-state index in [1.54, 1.807) is 25.4 Å². The monoisotopic (exact) mass is 465 g/mol. The Morgan fingerprint density at radius 3 is 2.53 bits per heavy atom. The number of methoxy groups -OCH3 is 1. The topological polar surface area (TPSA) is 141 Å². The van der Waals surface area contributed by atoms with Crippen molar-refractivity contribution in [2.75, 3.05) is 30.9 Å². The van der Waals surface area contributed by atoms with Crippen LogP contribution in [0.15, 0.2) is 54.6 Å². The second-order valence-corrected chi connectivity index (χ2v) is 7.88. The highest BCUT2D eigenvalue weighted by atomic mass is 16.5. The molecule has 0 unspecified atom stereocenters. The van der Waals surface area contributed by atoms with Crippen LogP contribution in [0.4, 0.5) is 17.2 Å². The zero-order chi connectivity index (χ0) is 24.7. The van der Waals surface area contributed by atoms with Gasteiger partial charge in [-0.1, -0.05) is 13.8 Å². The van der Waals surface area contributed by atoms with Crippen molar-refractivity contribution in [2.45, 2.75) is 20.8 Å². The molecule has 0 aliphatic rings. The normalized spacial score (nSPS) is 11.4. The van der Waals surface area contributed by atoms with E-state index in [0.29, 0.717) is 40.8 Å². The van der Waals surface area contributed by atoms with E-state index in [0.717, 1.165) is 11.1 Å². The van der Waals surface area contributed by atoms with Crippen molar-refractivity contribution in [3.8, 4) is 11.5 Å². The van der Waals surface area contributed by atoms with Gasteiger partial charge in [-0.15, -0.1) is 0 Å². The first kappa shape index (κ1) is 24.6. The molecule has 0 bridgehead atoms. The summed E-state index contributed by atoms with van der Waals surface area (Å²) < 4.78 is 11.1. The molecule has 0 radical (unpaired) electrons. The van der Waals surface area contributed by atoms with Gasteiger partial charge in [-0.25, -0.2) is 15.8 Å². The Morgan fingerprint density at radius 1 is 1.18 bits per heavy atom. The summed E-state index contributed by atoms with van der Waals surface area (Å²) >= 11 is 0. The second-order valence-electron chi connectivity index (χ2n) is 7.88. The maximum absolute atomic E-state index is 12.3. The number of benzene rings is 2. The van der Waals surface area contributed by atoms with Crippen molar-refractivity contribution in [3.63, 3.8) is 0 Å². The first-order valence-corrected chi connectivity index (χ1v) is 10.9. The van der Waals surface area contributed by atoms with Crippen LogP contribution >= 0.6 is 0 Å². The molecule has 34 heavy (non-hydrogen) atoms. The van der Waals surface area contributed by atoms with Crippen LogP contribution in [-0.2, 0) is 4.79 Å². The molecule has 1 amide bonds. The molecule has 0 atom stereocenters. The number of allylic oxidation sites excluding steroid dienone is 1. The number of carbonyl (C=O) groups is 1. The van der Waals surface area contributed by atoms with Gasteiger partial charge in [0.25, 0.3) is 0 Å². The van der Waals surface area contributed by atoms with Gasteiger partial charge in [0.05, 0.1) is 24.6 Å². The summed E-state index contributed by atoms with van der Waals surface area (Å²) in [4.78, 5) is 21.0. The molecular weight excluding hydrogens is 434 g/mol. The second kappa shape index (κ2) is 11.2. The number of ether oxygens (including phenoxy) is 2. The van der Waals surface area contributed by atoms with Crippen LogP contribution in [0.2, 0.25) is 0 Å². The van der Waals surface area contributed by atoms with Crippen molar-refractivity contribution >= 4 is 34.0 Å². The van der Waals surface area contributed by atoms with Gasteiger partial charge in [0, 0.05) is 35.4 Å². The Labute approximate surface area is 198 Å². The third-order valence-corrected chi connectivity index (χ3v) is 4.95. The fourth-order valence-corrected chi connectivity index (χ4v) is 3.14. The van der Waals surface area contributed by atoms with Gasteiger partial charge in [0.2, 0.25) is 5.91 Å². The van der Waals surface area contributed by atoms with E-state index in [2.05, 4.69) is 20.6 Å². The Hall–Kier alpha value is -4.05. The lowest BCUT2D eigenvalue weighted by molar-refractivity contribution is -0.116. The Morgan fingerprint density at radius 2 is 1.88 bits per heavy atom. The largest absolute Gasteiger partial charge is 0.497 e. The average molecular weight is 466 g/mol. The summed E-state index contributed by atoms with van der Waals surface area (Å²) in [5.74, 6) is 7.62. The predicted molar refractivity (Wildman–Crippen MR) is 134 cm³/mol. The zero-order valence-electron chi connectivity index (χ0n) is 19.8. The van der Waals surface area contributed by atoms with Gasteiger partial charge in [-0.05, 0) is 37.1 Å². The van der Waals surface area contributed by atoms with Crippen LogP contribution in [0, 0.1) is 5.92 Å².